The van der Waals surface area contributed by atoms with Gasteiger partial charge in [-0.05, 0) is 48.9 Å². The van der Waals surface area contributed by atoms with Crippen molar-refractivity contribution in [2.45, 2.75) is 58.2 Å². The maximum atomic E-state index is 11.3. The molecule has 0 aromatic rings. The second-order valence-electron chi connectivity index (χ2n) is 7.68. The molecule has 0 aliphatic heterocycles. The standard InChI is InChI=1S/C15H26O3/c1-13(2)10-4-5-14(3)11(7-10)9(8-16)6-12(17)15(13,14)18/h9-12,16-18H,4-8H2,1-3H3/t9-,10-,11+,12-,14+,15-/m0/s1. The molecule has 3 nitrogen and oxygen atoms in total. The fourth-order valence-electron chi connectivity index (χ4n) is 5.87. The van der Waals surface area contributed by atoms with E-state index in [1.807, 2.05) is 0 Å². The van der Waals surface area contributed by atoms with Gasteiger partial charge < -0.3 is 15.3 Å². The van der Waals surface area contributed by atoms with E-state index in [0.717, 1.165) is 19.3 Å². The molecular weight excluding hydrogens is 228 g/mol. The van der Waals surface area contributed by atoms with Crippen molar-refractivity contribution < 1.29 is 15.3 Å². The lowest BCUT2D eigenvalue weighted by Gasteiger charge is -2.72. The van der Waals surface area contributed by atoms with Gasteiger partial charge in [-0.2, -0.15) is 0 Å². The Bertz CT molecular complexity index is 367. The molecule has 6 atom stereocenters. The molecule has 4 fully saturated rings. The van der Waals surface area contributed by atoms with Crippen LogP contribution in [0.3, 0.4) is 0 Å². The second-order valence-corrected chi connectivity index (χ2v) is 7.68. The maximum absolute atomic E-state index is 11.3. The van der Waals surface area contributed by atoms with E-state index in [1.165, 1.54) is 0 Å². The van der Waals surface area contributed by atoms with Crippen LogP contribution in [0.4, 0.5) is 0 Å². The van der Waals surface area contributed by atoms with E-state index in [4.69, 9.17) is 0 Å². The van der Waals surface area contributed by atoms with E-state index in [2.05, 4.69) is 20.8 Å². The van der Waals surface area contributed by atoms with Gasteiger partial charge in [0.25, 0.3) is 0 Å². The van der Waals surface area contributed by atoms with Gasteiger partial charge in [0, 0.05) is 12.0 Å². The summed E-state index contributed by atoms with van der Waals surface area (Å²) in [7, 11) is 0. The third-order valence-electron chi connectivity index (χ3n) is 7.05. The normalized spacial score (nSPS) is 57.7. The Morgan fingerprint density at radius 1 is 1.17 bits per heavy atom. The van der Waals surface area contributed by atoms with E-state index >= 15 is 0 Å². The van der Waals surface area contributed by atoms with Crippen LogP contribution in [-0.2, 0) is 0 Å². The van der Waals surface area contributed by atoms with Gasteiger partial charge in [-0.3, -0.25) is 0 Å². The van der Waals surface area contributed by atoms with Crippen LogP contribution in [0.25, 0.3) is 0 Å². The molecule has 3 N–H and O–H groups in total. The summed E-state index contributed by atoms with van der Waals surface area (Å²) in [5, 5.41) is 31.5. The van der Waals surface area contributed by atoms with Crippen LogP contribution in [-0.4, -0.2) is 33.6 Å². The molecule has 4 aliphatic rings. The summed E-state index contributed by atoms with van der Waals surface area (Å²) in [5.41, 5.74) is -1.45. The fraction of sp³-hybridized carbons (Fsp3) is 1.00. The minimum Gasteiger partial charge on any atom is -0.396 e. The molecule has 0 radical (unpaired) electrons. The van der Waals surface area contributed by atoms with Crippen molar-refractivity contribution in [2.24, 2.45) is 28.6 Å². The number of aliphatic hydroxyl groups is 3. The monoisotopic (exact) mass is 254 g/mol. The molecule has 0 heterocycles. The maximum Gasteiger partial charge on any atom is 0.101 e. The van der Waals surface area contributed by atoms with Gasteiger partial charge in [0.15, 0.2) is 0 Å². The molecule has 104 valence electrons. The fourth-order valence-corrected chi connectivity index (χ4v) is 5.87. The highest BCUT2D eigenvalue weighted by molar-refractivity contribution is 5.22. The smallest absolute Gasteiger partial charge is 0.101 e. The first kappa shape index (κ1) is 12.9. The molecule has 0 amide bonds. The van der Waals surface area contributed by atoms with Gasteiger partial charge in [0.2, 0.25) is 0 Å². The molecule has 0 aromatic carbocycles. The molecule has 0 saturated heterocycles. The predicted molar refractivity (Wildman–Crippen MR) is 68.9 cm³/mol. The van der Waals surface area contributed by atoms with Crippen molar-refractivity contribution in [2.75, 3.05) is 6.61 Å². The third-order valence-corrected chi connectivity index (χ3v) is 7.05. The molecule has 4 rings (SSSR count). The summed E-state index contributed by atoms with van der Waals surface area (Å²) in [6.45, 7) is 6.52. The summed E-state index contributed by atoms with van der Waals surface area (Å²) in [4.78, 5) is 0. The van der Waals surface area contributed by atoms with Crippen LogP contribution in [0.1, 0.15) is 46.5 Å². The highest BCUT2D eigenvalue weighted by Gasteiger charge is 2.73. The highest BCUT2D eigenvalue weighted by atomic mass is 16.3. The largest absolute Gasteiger partial charge is 0.396 e. The highest BCUT2D eigenvalue weighted by Crippen LogP contribution is 2.71. The van der Waals surface area contributed by atoms with Gasteiger partial charge in [0.1, 0.15) is 5.60 Å². The number of fused-ring (bicyclic) bond motifs is 1. The SMILES string of the molecule is CC1(C)[C@H]2CC[C@]3(C)[C@H](C2)[C@H](CO)C[C@H](O)[C@]13O. The van der Waals surface area contributed by atoms with Crippen LogP contribution in [0.5, 0.6) is 0 Å². The number of rotatable bonds is 1. The average molecular weight is 254 g/mol. The molecule has 0 aromatic heterocycles. The van der Waals surface area contributed by atoms with Gasteiger partial charge in [-0.25, -0.2) is 0 Å². The molecule has 3 heteroatoms. The van der Waals surface area contributed by atoms with Crippen LogP contribution >= 0.6 is 0 Å². The Hall–Kier alpha value is -0.120. The summed E-state index contributed by atoms with van der Waals surface area (Å²) >= 11 is 0. The van der Waals surface area contributed by atoms with Crippen molar-refractivity contribution in [1.82, 2.24) is 0 Å². The summed E-state index contributed by atoms with van der Waals surface area (Å²) in [5.74, 6) is 0.991. The van der Waals surface area contributed by atoms with E-state index in [-0.39, 0.29) is 23.4 Å². The topological polar surface area (TPSA) is 60.7 Å². The average Bonchev–Trinajstić information content (AvgIpc) is 2.32. The number of aliphatic hydroxyl groups excluding tert-OH is 2. The van der Waals surface area contributed by atoms with Crippen molar-refractivity contribution >= 4 is 0 Å². The second kappa shape index (κ2) is 3.50. The molecule has 4 aliphatic carbocycles. The Balaban J connectivity index is 2.13. The van der Waals surface area contributed by atoms with Gasteiger partial charge in [0.05, 0.1) is 6.10 Å². The van der Waals surface area contributed by atoms with Crippen LogP contribution in [0.15, 0.2) is 0 Å². The Morgan fingerprint density at radius 2 is 1.83 bits per heavy atom. The number of hydrogen-bond donors (Lipinski definition) is 3. The summed E-state index contributed by atoms with van der Waals surface area (Å²) in [6, 6.07) is 0. The molecule has 4 saturated carbocycles. The lowest BCUT2D eigenvalue weighted by atomic mass is 9.35. The van der Waals surface area contributed by atoms with Gasteiger partial charge in [-0.15, -0.1) is 0 Å². The van der Waals surface area contributed by atoms with Crippen molar-refractivity contribution in [3.05, 3.63) is 0 Å². The quantitative estimate of drug-likeness (QED) is 0.665. The van der Waals surface area contributed by atoms with Gasteiger partial charge in [-0.1, -0.05) is 20.8 Å². The minimum absolute atomic E-state index is 0.139. The molecule has 0 spiro atoms. The summed E-state index contributed by atoms with van der Waals surface area (Å²) in [6.07, 6.45) is 3.07. The van der Waals surface area contributed by atoms with Crippen LogP contribution < -0.4 is 0 Å². The molecule has 18 heavy (non-hydrogen) atoms. The Kier molecular flexibility index (Phi) is 2.51. The Morgan fingerprint density at radius 3 is 2.44 bits per heavy atom. The molecular formula is C15H26O3. The van der Waals surface area contributed by atoms with E-state index in [0.29, 0.717) is 18.3 Å². The van der Waals surface area contributed by atoms with E-state index < -0.39 is 11.7 Å². The van der Waals surface area contributed by atoms with Gasteiger partial charge >= 0.3 is 0 Å². The van der Waals surface area contributed by atoms with E-state index in [9.17, 15) is 15.3 Å². The first-order valence-corrected chi connectivity index (χ1v) is 7.30. The first-order chi connectivity index (χ1) is 8.29. The van der Waals surface area contributed by atoms with Crippen molar-refractivity contribution in [3.63, 3.8) is 0 Å². The lowest BCUT2D eigenvalue weighted by molar-refractivity contribution is -0.330. The zero-order valence-electron chi connectivity index (χ0n) is 11.7. The van der Waals surface area contributed by atoms with Crippen LogP contribution in [0, 0.1) is 28.6 Å². The van der Waals surface area contributed by atoms with E-state index in [1.54, 1.807) is 0 Å². The van der Waals surface area contributed by atoms with Crippen molar-refractivity contribution in [3.8, 4) is 0 Å². The Labute approximate surface area is 109 Å². The lowest BCUT2D eigenvalue weighted by Crippen LogP contribution is -2.76. The van der Waals surface area contributed by atoms with Crippen LogP contribution in [0.2, 0.25) is 0 Å². The minimum atomic E-state index is -0.989. The molecule has 4 bridgehead atoms. The zero-order valence-corrected chi connectivity index (χ0v) is 11.7. The zero-order chi connectivity index (χ0) is 13.3. The predicted octanol–water partition coefficient (Wildman–Crippen LogP) is 1.55. The van der Waals surface area contributed by atoms with Crippen molar-refractivity contribution in [1.29, 1.82) is 0 Å². The number of hydrogen-bond acceptors (Lipinski definition) is 3. The first-order valence-electron chi connectivity index (χ1n) is 7.30. The summed E-state index contributed by atoms with van der Waals surface area (Å²) < 4.78 is 0. The third kappa shape index (κ3) is 1.13. The molecule has 0 unspecified atom stereocenters.